The highest BCUT2D eigenvalue weighted by Gasteiger charge is 1.99. The first kappa shape index (κ1) is 16.3. The Labute approximate surface area is 122 Å². The summed E-state index contributed by atoms with van der Waals surface area (Å²) in [4.78, 5) is 4.22. The number of aliphatic imine (C=N–C) groups is 1. The molecule has 0 saturated carbocycles. The van der Waals surface area contributed by atoms with E-state index in [1.165, 1.54) is 18.4 Å². The predicted octanol–water partition coefficient (Wildman–Crippen LogP) is 2.80. The molecule has 0 spiro atoms. The molecule has 0 aliphatic heterocycles. The van der Waals surface area contributed by atoms with Crippen molar-refractivity contribution in [3.8, 4) is 5.75 Å². The summed E-state index contributed by atoms with van der Waals surface area (Å²) in [6, 6.07) is 8.04. The quantitative estimate of drug-likeness (QED) is 0.458. The van der Waals surface area contributed by atoms with Crippen molar-refractivity contribution < 1.29 is 4.74 Å². The SMILES string of the molecule is CN=C(NCCCC(C)C)NCc1ccc(OC)cc1. The van der Waals surface area contributed by atoms with Gasteiger partial charge in [0.25, 0.3) is 0 Å². The number of rotatable bonds is 7. The summed E-state index contributed by atoms with van der Waals surface area (Å²) in [5.41, 5.74) is 1.20. The molecule has 20 heavy (non-hydrogen) atoms. The van der Waals surface area contributed by atoms with Crippen molar-refractivity contribution in [1.82, 2.24) is 10.6 Å². The van der Waals surface area contributed by atoms with Gasteiger partial charge in [-0.05, 0) is 36.5 Å². The number of ether oxygens (including phenoxy) is 1. The van der Waals surface area contributed by atoms with E-state index in [0.29, 0.717) is 0 Å². The largest absolute Gasteiger partial charge is 0.497 e. The lowest BCUT2D eigenvalue weighted by molar-refractivity contribution is 0.414. The number of nitrogens with zero attached hydrogens (tertiary/aromatic N) is 1. The molecular formula is C16H27N3O. The highest BCUT2D eigenvalue weighted by atomic mass is 16.5. The minimum Gasteiger partial charge on any atom is -0.497 e. The van der Waals surface area contributed by atoms with Crippen molar-refractivity contribution in [2.75, 3.05) is 20.7 Å². The second kappa shape index (κ2) is 9.23. The third-order valence-corrected chi connectivity index (χ3v) is 3.09. The maximum atomic E-state index is 5.14. The summed E-state index contributed by atoms with van der Waals surface area (Å²) in [6.07, 6.45) is 2.41. The molecule has 4 nitrogen and oxygen atoms in total. The van der Waals surface area contributed by atoms with Crippen molar-refractivity contribution in [3.63, 3.8) is 0 Å². The van der Waals surface area contributed by atoms with Gasteiger partial charge in [0.15, 0.2) is 5.96 Å². The molecule has 112 valence electrons. The van der Waals surface area contributed by atoms with E-state index in [1.807, 2.05) is 12.1 Å². The van der Waals surface area contributed by atoms with Crippen LogP contribution in [0.1, 0.15) is 32.3 Å². The van der Waals surface area contributed by atoms with Crippen molar-refractivity contribution >= 4 is 5.96 Å². The van der Waals surface area contributed by atoms with Gasteiger partial charge < -0.3 is 15.4 Å². The van der Waals surface area contributed by atoms with Gasteiger partial charge in [0.2, 0.25) is 0 Å². The normalized spacial score (nSPS) is 11.6. The molecule has 1 aromatic rings. The van der Waals surface area contributed by atoms with Crippen LogP contribution in [0.15, 0.2) is 29.3 Å². The Hall–Kier alpha value is -1.71. The summed E-state index contributed by atoms with van der Waals surface area (Å²) in [5, 5.41) is 6.64. The Balaban J connectivity index is 2.30. The van der Waals surface area contributed by atoms with Gasteiger partial charge in [-0.3, -0.25) is 4.99 Å². The number of guanidine groups is 1. The van der Waals surface area contributed by atoms with Gasteiger partial charge in [-0.25, -0.2) is 0 Å². The first-order chi connectivity index (χ1) is 9.65. The number of hydrogen-bond donors (Lipinski definition) is 2. The van der Waals surface area contributed by atoms with Crippen LogP contribution in [0, 0.1) is 5.92 Å². The maximum absolute atomic E-state index is 5.14. The van der Waals surface area contributed by atoms with Crippen molar-refractivity contribution in [3.05, 3.63) is 29.8 Å². The molecule has 0 bridgehead atoms. The van der Waals surface area contributed by atoms with E-state index in [4.69, 9.17) is 4.74 Å². The monoisotopic (exact) mass is 277 g/mol. The lowest BCUT2D eigenvalue weighted by atomic mass is 10.1. The average molecular weight is 277 g/mol. The molecule has 0 unspecified atom stereocenters. The summed E-state index contributed by atoms with van der Waals surface area (Å²) in [6.45, 7) is 6.21. The number of hydrogen-bond acceptors (Lipinski definition) is 2. The molecule has 0 atom stereocenters. The summed E-state index contributed by atoms with van der Waals surface area (Å²) in [5.74, 6) is 2.49. The van der Waals surface area contributed by atoms with Crippen LogP contribution in [0.4, 0.5) is 0 Å². The van der Waals surface area contributed by atoms with Gasteiger partial charge in [-0.1, -0.05) is 26.0 Å². The van der Waals surface area contributed by atoms with Gasteiger partial charge >= 0.3 is 0 Å². The van der Waals surface area contributed by atoms with Crippen molar-refractivity contribution in [2.45, 2.75) is 33.2 Å². The summed E-state index contributed by atoms with van der Waals surface area (Å²) < 4.78 is 5.14. The van der Waals surface area contributed by atoms with E-state index in [-0.39, 0.29) is 0 Å². The van der Waals surface area contributed by atoms with Crippen LogP contribution in [0.25, 0.3) is 0 Å². The van der Waals surface area contributed by atoms with E-state index >= 15 is 0 Å². The molecule has 0 amide bonds. The molecule has 0 aliphatic carbocycles. The van der Waals surface area contributed by atoms with Crippen molar-refractivity contribution in [2.24, 2.45) is 10.9 Å². The van der Waals surface area contributed by atoms with Gasteiger partial charge in [0.1, 0.15) is 5.75 Å². The van der Waals surface area contributed by atoms with Crippen LogP contribution >= 0.6 is 0 Å². The third kappa shape index (κ3) is 6.45. The van der Waals surface area contributed by atoms with Crippen LogP contribution in [0.3, 0.4) is 0 Å². The van der Waals surface area contributed by atoms with E-state index < -0.39 is 0 Å². The standard InChI is InChI=1S/C16H27N3O/c1-13(2)6-5-11-18-16(17-3)19-12-14-7-9-15(20-4)10-8-14/h7-10,13H,5-6,11-12H2,1-4H3,(H2,17,18,19). The number of nitrogens with one attached hydrogen (secondary N) is 2. The second-order valence-corrected chi connectivity index (χ2v) is 5.24. The summed E-state index contributed by atoms with van der Waals surface area (Å²) >= 11 is 0. The van der Waals surface area contributed by atoms with Crippen LogP contribution in [0.5, 0.6) is 5.75 Å². The molecule has 1 aromatic carbocycles. The first-order valence-corrected chi connectivity index (χ1v) is 7.23. The average Bonchev–Trinajstić information content (AvgIpc) is 2.47. The lowest BCUT2D eigenvalue weighted by Crippen LogP contribution is -2.37. The zero-order chi connectivity index (χ0) is 14.8. The van der Waals surface area contributed by atoms with E-state index in [1.54, 1.807) is 14.2 Å². The lowest BCUT2D eigenvalue weighted by Gasteiger charge is -2.12. The molecule has 0 radical (unpaired) electrons. The maximum Gasteiger partial charge on any atom is 0.191 e. The molecule has 0 aromatic heterocycles. The fourth-order valence-corrected chi connectivity index (χ4v) is 1.87. The van der Waals surface area contributed by atoms with E-state index in [9.17, 15) is 0 Å². The Morgan fingerprint density at radius 2 is 1.90 bits per heavy atom. The minimum absolute atomic E-state index is 0.756. The minimum atomic E-state index is 0.756. The zero-order valence-electron chi connectivity index (χ0n) is 13.1. The van der Waals surface area contributed by atoms with Gasteiger partial charge in [-0.2, -0.15) is 0 Å². The molecule has 0 saturated heterocycles. The highest BCUT2D eigenvalue weighted by molar-refractivity contribution is 5.79. The molecule has 1 rings (SSSR count). The molecule has 0 fully saturated rings. The molecule has 0 heterocycles. The highest BCUT2D eigenvalue weighted by Crippen LogP contribution is 2.10. The van der Waals surface area contributed by atoms with E-state index in [0.717, 1.165) is 30.7 Å². The van der Waals surface area contributed by atoms with E-state index in [2.05, 4.69) is 41.6 Å². The summed E-state index contributed by atoms with van der Waals surface area (Å²) in [7, 11) is 3.47. The molecular weight excluding hydrogens is 250 g/mol. The Morgan fingerprint density at radius 1 is 1.20 bits per heavy atom. The molecule has 0 aliphatic rings. The first-order valence-electron chi connectivity index (χ1n) is 7.23. The predicted molar refractivity (Wildman–Crippen MR) is 85.3 cm³/mol. The van der Waals surface area contributed by atoms with Crippen LogP contribution in [0.2, 0.25) is 0 Å². The van der Waals surface area contributed by atoms with Crippen LogP contribution in [-0.4, -0.2) is 26.7 Å². The van der Waals surface area contributed by atoms with Gasteiger partial charge in [0.05, 0.1) is 7.11 Å². The zero-order valence-corrected chi connectivity index (χ0v) is 13.1. The fraction of sp³-hybridized carbons (Fsp3) is 0.562. The van der Waals surface area contributed by atoms with Gasteiger partial charge in [-0.15, -0.1) is 0 Å². The Morgan fingerprint density at radius 3 is 2.45 bits per heavy atom. The van der Waals surface area contributed by atoms with Crippen LogP contribution < -0.4 is 15.4 Å². The molecule has 4 heteroatoms. The topological polar surface area (TPSA) is 45.7 Å². The number of methoxy groups -OCH3 is 1. The van der Waals surface area contributed by atoms with Crippen molar-refractivity contribution in [1.29, 1.82) is 0 Å². The Bertz CT molecular complexity index is 399. The smallest absolute Gasteiger partial charge is 0.191 e. The Kier molecular flexibility index (Phi) is 7.55. The molecule has 2 N–H and O–H groups in total. The second-order valence-electron chi connectivity index (χ2n) is 5.24. The van der Waals surface area contributed by atoms with Gasteiger partial charge in [0, 0.05) is 20.1 Å². The number of benzene rings is 1. The third-order valence-electron chi connectivity index (χ3n) is 3.09. The fourth-order valence-electron chi connectivity index (χ4n) is 1.87. The van der Waals surface area contributed by atoms with Crippen LogP contribution in [-0.2, 0) is 6.54 Å².